The van der Waals surface area contributed by atoms with Gasteiger partial charge in [0.05, 0.1) is 33.8 Å². The molecule has 6 heteroatoms. The topological polar surface area (TPSA) is 34.2 Å². The Morgan fingerprint density at radius 2 is 1.78 bits per heavy atom. The molecule has 6 nitrogen and oxygen atoms in total. The molecule has 5 aliphatic rings. The Morgan fingerprint density at radius 1 is 1.00 bits per heavy atom. The molecule has 0 amide bonds. The summed E-state index contributed by atoms with van der Waals surface area (Å²) in [6, 6.07) is 7.25. The van der Waals surface area contributed by atoms with Gasteiger partial charge in [0.25, 0.3) is 0 Å². The zero-order valence-electron chi connectivity index (χ0n) is 29.9. The number of benzene rings is 1. The van der Waals surface area contributed by atoms with Gasteiger partial charge in [-0.3, -0.25) is 4.90 Å². The third kappa shape index (κ3) is 10.6. The van der Waals surface area contributed by atoms with Gasteiger partial charge in [-0.1, -0.05) is 39.7 Å². The van der Waals surface area contributed by atoms with Gasteiger partial charge >= 0.3 is 0 Å². The second-order valence-electron chi connectivity index (χ2n) is 16.1. The Kier molecular flexibility index (Phi) is 12.2. The van der Waals surface area contributed by atoms with Crippen LogP contribution in [0.15, 0.2) is 29.5 Å². The molecule has 2 saturated heterocycles. The summed E-state index contributed by atoms with van der Waals surface area (Å²) < 4.78 is 18.5. The van der Waals surface area contributed by atoms with Crippen molar-refractivity contribution >= 4 is 0 Å². The highest BCUT2D eigenvalue weighted by Gasteiger charge is 2.36. The average molecular weight is 625 g/mol. The molecule has 3 atom stereocenters. The minimum absolute atomic E-state index is 0.345. The summed E-state index contributed by atoms with van der Waals surface area (Å²) >= 11 is 0. The summed E-state index contributed by atoms with van der Waals surface area (Å²) in [5, 5.41) is 0. The molecule has 254 valence electrons. The molecule has 6 rings (SSSR count). The zero-order valence-corrected chi connectivity index (χ0v) is 29.9. The third-order valence-electron chi connectivity index (χ3n) is 11.1. The largest absolute Gasteiger partial charge is 0.454 e. The van der Waals surface area contributed by atoms with Crippen LogP contribution >= 0.6 is 0 Å². The maximum atomic E-state index is 6.15. The SMILES string of the molecule is CCC1(C)CC1.CCCCN(CCC[N+](C)(C)C)C(CN1CC(c2ccc3c(c2)OCO3)CC1CCC1CCCCO1)=C1CC1. The predicted octanol–water partition coefficient (Wildman–Crippen LogP) is 8.37. The molecule has 3 heterocycles. The van der Waals surface area contributed by atoms with Crippen molar-refractivity contribution in [2.75, 3.05) is 67.3 Å². The van der Waals surface area contributed by atoms with Crippen LogP contribution in [0.5, 0.6) is 11.5 Å². The van der Waals surface area contributed by atoms with Crippen LogP contribution in [0.4, 0.5) is 0 Å². The summed E-state index contributed by atoms with van der Waals surface area (Å²) in [7, 11) is 6.95. The molecule has 0 N–H and O–H groups in total. The Labute approximate surface area is 276 Å². The Bertz CT molecular complexity index is 1100. The number of fused-ring (bicyclic) bond motifs is 1. The normalized spacial score (nSPS) is 25.1. The van der Waals surface area contributed by atoms with Crippen LogP contribution in [0.1, 0.15) is 122 Å². The fourth-order valence-corrected chi connectivity index (χ4v) is 7.31. The fourth-order valence-electron chi connectivity index (χ4n) is 7.31. The van der Waals surface area contributed by atoms with Gasteiger partial charge in [0, 0.05) is 50.9 Å². The van der Waals surface area contributed by atoms with Gasteiger partial charge in [-0.15, -0.1) is 0 Å². The quantitative estimate of drug-likeness (QED) is 0.183. The minimum Gasteiger partial charge on any atom is -0.454 e. The second kappa shape index (κ2) is 15.9. The number of rotatable bonds is 15. The molecular formula is C39H66N3O3+. The average Bonchev–Trinajstić information content (AvgIpc) is 3.92. The highest BCUT2D eigenvalue weighted by molar-refractivity contribution is 5.45. The Morgan fingerprint density at radius 3 is 2.42 bits per heavy atom. The first-order valence-corrected chi connectivity index (χ1v) is 18.7. The van der Waals surface area contributed by atoms with Gasteiger partial charge in [0.2, 0.25) is 6.79 Å². The molecule has 2 aliphatic carbocycles. The van der Waals surface area contributed by atoms with E-state index in [2.05, 4.69) is 69.9 Å². The standard InChI is InChI=1S/C33H54N3O3.C6H12/c1-5-6-17-34(18-9-19-36(2,3)4)31(26-11-12-26)24-35-23-28(27-13-16-32-33(22-27)39-25-38-32)21-29(35)14-15-30-10-7-8-20-37-30;1-3-6(2)4-5-6/h13,16,22,28-30H,5-12,14-15,17-21,23-25H2,1-4H3;3-5H2,1-2H3/q+1;. The summed E-state index contributed by atoms with van der Waals surface area (Å²) in [6.07, 6.45) is 18.7. The van der Waals surface area contributed by atoms with Crippen LogP contribution in [-0.2, 0) is 4.74 Å². The lowest BCUT2D eigenvalue weighted by Gasteiger charge is -2.34. The van der Waals surface area contributed by atoms with Crippen LogP contribution in [-0.4, -0.2) is 93.7 Å². The van der Waals surface area contributed by atoms with Crippen molar-refractivity contribution in [3.8, 4) is 11.5 Å². The number of unbranched alkanes of at least 4 members (excludes halogenated alkanes) is 1. The lowest BCUT2D eigenvalue weighted by atomic mass is 9.93. The lowest BCUT2D eigenvalue weighted by molar-refractivity contribution is -0.870. The fraction of sp³-hybridized carbons (Fsp3) is 0.795. The third-order valence-corrected chi connectivity index (χ3v) is 11.1. The van der Waals surface area contributed by atoms with Crippen molar-refractivity contribution in [2.45, 2.75) is 129 Å². The first kappa shape index (κ1) is 34.6. The van der Waals surface area contributed by atoms with Gasteiger partial charge in [-0.05, 0) is 105 Å². The van der Waals surface area contributed by atoms with Crippen LogP contribution in [0.3, 0.4) is 0 Å². The van der Waals surface area contributed by atoms with Gasteiger partial charge in [0.1, 0.15) is 0 Å². The number of hydrogen-bond donors (Lipinski definition) is 0. The van der Waals surface area contributed by atoms with E-state index in [1.807, 2.05) is 0 Å². The molecule has 0 radical (unpaired) electrons. The molecule has 3 aliphatic heterocycles. The molecule has 4 fully saturated rings. The molecule has 0 spiro atoms. The minimum atomic E-state index is 0.345. The summed E-state index contributed by atoms with van der Waals surface area (Å²) in [5.74, 6) is 2.35. The maximum Gasteiger partial charge on any atom is 0.231 e. The molecule has 45 heavy (non-hydrogen) atoms. The van der Waals surface area contributed by atoms with E-state index in [-0.39, 0.29) is 0 Å². The van der Waals surface area contributed by atoms with Crippen molar-refractivity contribution in [1.29, 1.82) is 0 Å². The van der Waals surface area contributed by atoms with Crippen molar-refractivity contribution in [1.82, 2.24) is 9.80 Å². The zero-order chi connectivity index (χ0) is 31.9. The second-order valence-corrected chi connectivity index (χ2v) is 16.1. The van der Waals surface area contributed by atoms with Gasteiger partial charge in [0.15, 0.2) is 11.5 Å². The lowest BCUT2D eigenvalue weighted by Crippen LogP contribution is -2.40. The Balaban J connectivity index is 0.000000598. The molecule has 0 aromatic heterocycles. The number of allylic oxidation sites excluding steroid dienone is 1. The van der Waals surface area contributed by atoms with Crippen molar-refractivity contribution in [2.24, 2.45) is 5.41 Å². The van der Waals surface area contributed by atoms with Crippen molar-refractivity contribution in [3.05, 3.63) is 35.0 Å². The molecular weight excluding hydrogens is 558 g/mol. The van der Waals surface area contributed by atoms with Crippen LogP contribution in [0.25, 0.3) is 0 Å². The smallest absolute Gasteiger partial charge is 0.231 e. The molecule has 2 saturated carbocycles. The monoisotopic (exact) mass is 625 g/mol. The highest BCUT2D eigenvalue weighted by Crippen LogP contribution is 2.47. The highest BCUT2D eigenvalue weighted by atomic mass is 16.7. The van der Waals surface area contributed by atoms with Gasteiger partial charge < -0.3 is 23.6 Å². The van der Waals surface area contributed by atoms with Crippen molar-refractivity contribution < 1.29 is 18.7 Å². The van der Waals surface area contributed by atoms with Gasteiger partial charge in [-0.25, -0.2) is 0 Å². The summed E-state index contributed by atoms with van der Waals surface area (Å²) in [5.41, 5.74) is 5.58. The molecule has 1 aromatic rings. The Hall–Kier alpha value is -1.76. The van der Waals surface area contributed by atoms with Crippen molar-refractivity contribution in [3.63, 3.8) is 0 Å². The first-order valence-electron chi connectivity index (χ1n) is 18.7. The summed E-state index contributed by atoms with van der Waals surface area (Å²) in [6.45, 7) is 14.1. The van der Waals surface area contributed by atoms with E-state index in [4.69, 9.17) is 14.2 Å². The van der Waals surface area contributed by atoms with E-state index >= 15 is 0 Å². The van der Waals surface area contributed by atoms with Gasteiger partial charge in [-0.2, -0.15) is 0 Å². The van der Waals surface area contributed by atoms with E-state index in [9.17, 15) is 0 Å². The van der Waals surface area contributed by atoms with Crippen LogP contribution in [0.2, 0.25) is 0 Å². The van der Waals surface area contributed by atoms with Crippen LogP contribution < -0.4 is 9.47 Å². The molecule has 0 bridgehead atoms. The first-order chi connectivity index (χ1) is 21.7. The number of nitrogens with zero attached hydrogens (tertiary/aromatic N) is 3. The summed E-state index contributed by atoms with van der Waals surface area (Å²) in [4.78, 5) is 5.63. The number of ether oxygens (including phenoxy) is 3. The molecule has 1 aromatic carbocycles. The molecule has 3 unspecified atom stereocenters. The maximum absolute atomic E-state index is 6.15. The number of likely N-dealkylation sites (tertiary alicyclic amines) is 1. The van der Waals surface area contributed by atoms with E-state index in [1.54, 1.807) is 11.3 Å². The van der Waals surface area contributed by atoms with E-state index in [1.165, 1.54) is 115 Å². The van der Waals surface area contributed by atoms with E-state index in [0.29, 0.717) is 24.9 Å². The number of hydrogen-bond acceptors (Lipinski definition) is 5. The predicted molar refractivity (Wildman–Crippen MR) is 186 cm³/mol. The van der Waals surface area contributed by atoms with E-state index in [0.717, 1.165) is 41.1 Å². The number of quaternary nitrogens is 1. The van der Waals surface area contributed by atoms with E-state index < -0.39 is 0 Å². The van der Waals surface area contributed by atoms with Crippen LogP contribution in [0, 0.1) is 5.41 Å².